The van der Waals surface area contributed by atoms with E-state index in [0.29, 0.717) is 13.0 Å². The van der Waals surface area contributed by atoms with Crippen molar-refractivity contribution >= 4 is 12.1 Å². The molecule has 0 radical (unpaired) electrons. The molecular weight excluding hydrogens is 444 g/mol. The maximum atomic E-state index is 12.0. The summed E-state index contributed by atoms with van der Waals surface area (Å²) in [6, 6.07) is 17.8. The zero-order valence-electron chi connectivity index (χ0n) is 22.6. The fourth-order valence-corrected chi connectivity index (χ4v) is 4.28. The average Bonchev–Trinajstić information content (AvgIpc) is 2.91. The van der Waals surface area contributed by atoms with Crippen LogP contribution in [0.5, 0.6) is 5.75 Å². The van der Waals surface area contributed by atoms with E-state index in [9.17, 15) is 4.79 Å². The molecule has 0 saturated carbocycles. The van der Waals surface area contributed by atoms with Gasteiger partial charge in [0.2, 0.25) is 5.91 Å². The van der Waals surface area contributed by atoms with Crippen molar-refractivity contribution in [2.45, 2.75) is 116 Å². The van der Waals surface area contributed by atoms with E-state index in [4.69, 9.17) is 4.74 Å². The highest BCUT2D eigenvalue weighted by Crippen LogP contribution is 2.15. The Morgan fingerprint density at radius 1 is 0.722 bits per heavy atom. The number of benzene rings is 2. The smallest absolute Gasteiger partial charge is 0.240 e. The number of nitrogens with one attached hydrogen (secondary N) is 1. The number of hydrazone groups is 1. The van der Waals surface area contributed by atoms with Gasteiger partial charge in [-0.3, -0.25) is 4.79 Å². The molecule has 2 rings (SSSR count). The number of carbonyl (C=O) groups excluding carboxylic acids is 1. The lowest BCUT2D eigenvalue weighted by molar-refractivity contribution is -0.121. The van der Waals surface area contributed by atoms with E-state index in [1.807, 2.05) is 54.6 Å². The van der Waals surface area contributed by atoms with Gasteiger partial charge in [-0.1, -0.05) is 127 Å². The van der Waals surface area contributed by atoms with Crippen molar-refractivity contribution < 1.29 is 9.53 Å². The molecule has 36 heavy (non-hydrogen) atoms. The number of unbranched alkanes of at least 4 members (excludes halogenated alkanes) is 14. The number of hydrogen-bond acceptors (Lipinski definition) is 3. The topological polar surface area (TPSA) is 50.7 Å². The number of nitrogens with zero attached hydrogens (tertiary/aromatic N) is 1. The van der Waals surface area contributed by atoms with Crippen LogP contribution in [0, 0.1) is 0 Å². The standard InChI is InChI=1S/C32H48N2O2/c1-2-3-4-5-6-7-8-9-10-11-12-13-14-15-19-22-32(35)34-33-27-29-23-25-31(26-24-29)36-28-30-20-17-16-18-21-30/h16-18,20-21,23-27H,2-15,19,22,28H2,1H3,(H,34,35)/b33-27-. The molecule has 0 heterocycles. The zero-order valence-corrected chi connectivity index (χ0v) is 22.6. The van der Waals surface area contributed by atoms with E-state index in [2.05, 4.69) is 17.5 Å². The monoisotopic (exact) mass is 492 g/mol. The third-order valence-electron chi connectivity index (χ3n) is 6.54. The molecule has 0 aliphatic carbocycles. The van der Waals surface area contributed by atoms with Crippen molar-refractivity contribution in [3.05, 3.63) is 65.7 Å². The first-order valence-corrected chi connectivity index (χ1v) is 14.4. The lowest BCUT2D eigenvalue weighted by Crippen LogP contribution is -2.16. The van der Waals surface area contributed by atoms with Gasteiger partial charge in [-0.15, -0.1) is 0 Å². The number of amides is 1. The van der Waals surface area contributed by atoms with Gasteiger partial charge in [0.05, 0.1) is 6.21 Å². The van der Waals surface area contributed by atoms with E-state index in [1.54, 1.807) is 6.21 Å². The largest absolute Gasteiger partial charge is 0.489 e. The molecule has 0 fully saturated rings. The predicted molar refractivity (Wildman–Crippen MR) is 152 cm³/mol. The lowest BCUT2D eigenvalue weighted by Gasteiger charge is -2.06. The molecule has 0 unspecified atom stereocenters. The summed E-state index contributed by atoms with van der Waals surface area (Å²) in [5.74, 6) is 0.803. The number of hydrogen-bond donors (Lipinski definition) is 1. The molecule has 4 heteroatoms. The van der Waals surface area contributed by atoms with Crippen LogP contribution < -0.4 is 10.2 Å². The number of carbonyl (C=O) groups is 1. The average molecular weight is 493 g/mol. The lowest BCUT2D eigenvalue weighted by atomic mass is 10.0. The zero-order chi connectivity index (χ0) is 25.5. The van der Waals surface area contributed by atoms with Crippen LogP contribution in [-0.4, -0.2) is 12.1 Å². The van der Waals surface area contributed by atoms with Crippen molar-refractivity contribution in [1.29, 1.82) is 0 Å². The van der Waals surface area contributed by atoms with Gasteiger partial charge in [0, 0.05) is 6.42 Å². The van der Waals surface area contributed by atoms with Crippen LogP contribution in [0.1, 0.15) is 121 Å². The quantitative estimate of drug-likeness (QED) is 0.107. The molecular formula is C32H48N2O2. The highest BCUT2D eigenvalue weighted by Gasteiger charge is 2.00. The molecule has 0 aliphatic rings. The second-order valence-corrected chi connectivity index (χ2v) is 9.84. The van der Waals surface area contributed by atoms with Gasteiger partial charge in [0.1, 0.15) is 12.4 Å². The van der Waals surface area contributed by atoms with Crippen LogP contribution in [0.25, 0.3) is 0 Å². The van der Waals surface area contributed by atoms with Crippen LogP contribution in [-0.2, 0) is 11.4 Å². The van der Waals surface area contributed by atoms with Gasteiger partial charge in [-0.2, -0.15) is 5.10 Å². The summed E-state index contributed by atoms with van der Waals surface area (Å²) in [6.45, 7) is 2.82. The molecule has 0 saturated heterocycles. The van der Waals surface area contributed by atoms with E-state index in [-0.39, 0.29) is 5.91 Å². The fourth-order valence-electron chi connectivity index (χ4n) is 4.28. The molecule has 0 spiro atoms. The van der Waals surface area contributed by atoms with Gasteiger partial charge >= 0.3 is 0 Å². The van der Waals surface area contributed by atoms with Crippen LogP contribution >= 0.6 is 0 Å². The van der Waals surface area contributed by atoms with Gasteiger partial charge < -0.3 is 4.74 Å². The summed E-state index contributed by atoms with van der Waals surface area (Å²) < 4.78 is 5.79. The first-order chi connectivity index (χ1) is 17.8. The summed E-state index contributed by atoms with van der Waals surface area (Å²) in [6.07, 6.45) is 22.2. The second-order valence-electron chi connectivity index (χ2n) is 9.84. The third kappa shape index (κ3) is 15.4. The predicted octanol–water partition coefficient (Wildman–Crippen LogP) is 8.98. The summed E-state index contributed by atoms with van der Waals surface area (Å²) in [7, 11) is 0. The summed E-state index contributed by atoms with van der Waals surface area (Å²) >= 11 is 0. The maximum absolute atomic E-state index is 12.0. The Kier molecular flexibility index (Phi) is 16.9. The number of ether oxygens (including phenoxy) is 1. The fraction of sp³-hybridized carbons (Fsp3) is 0.562. The highest BCUT2D eigenvalue weighted by molar-refractivity contribution is 5.82. The van der Waals surface area contributed by atoms with Gasteiger partial charge in [-0.05, 0) is 41.8 Å². The van der Waals surface area contributed by atoms with Crippen LogP contribution in [0.2, 0.25) is 0 Å². The van der Waals surface area contributed by atoms with Gasteiger partial charge in [-0.25, -0.2) is 5.43 Å². The molecule has 2 aromatic carbocycles. The van der Waals surface area contributed by atoms with Crippen LogP contribution in [0.15, 0.2) is 59.7 Å². The molecule has 0 aromatic heterocycles. The second kappa shape index (κ2) is 20.6. The molecule has 0 bridgehead atoms. The van der Waals surface area contributed by atoms with Crippen molar-refractivity contribution in [3.8, 4) is 5.75 Å². The normalized spacial score (nSPS) is 11.1. The first-order valence-electron chi connectivity index (χ1n) is 14.4. The Balaban J connectivity index is 1.40. The third-order valence-corrected chi connectivity index (χ3v) is 6.54. The van der Waals surface area contributed by atoms with Crippen molar-refractivity contribution in [2.75, 3.05) is 0 Å². The Bertz CT molecular complexity index is 818. The minimum absolute atomic E-state index is 0.0104. The van der Waals surface area contributed by atoms with Crippen LogP contribution in [0.4, 0.5) is 0 Å². The maximum Gasteiger partial charge on any atom is 0.240 e. The Hall–Kier alpha value is -2.62. The highest BCUT2D eigenvalue weighted by atomic mass is 16.5. The molecule has 0 aliphatic heterocycles. The van der Waals surface area contributed by atoms with Crippen molar-refractivity contribution in [2.24, 2.45) is 5.10 Å². The van der Waals surface area contributed by atoms with E-state index < -0.39 is 0 Å². The molecule has 1 N–H and O–H groups in total. The molecule has 0 atom stereocenters. The Labute approximate surface area is 219 Å². The van der Waals surface area contributed by atoms with Gasteiger partial charge in [0.15, 0.2) is 0 Å². The van der Waals surface area contributed by atoms with Crippen molar-refractivity contribution in [3.63, 3.8) is 0 Å². The molecule has 2 aromatic rings. The first kappa shape index (κ1) is 29.6. The minimum atomic E-state index is -0.0104. The van der Waals surface area contributed by atoms with E-state index >= 15 is 0 Å². The Morgan fingerprint density at radius 2 is 1.25 bits per heavy atom. The summed E-state index contributed by atoms with van der Waals surface area (Å²) in [5.41, 5.74) is 4.71. The summed E-state index contributed by atoms with van der Waals surface area (Å²) in [5, 5.41) is 4.09. The molecule has 198 valence electrons. The van der Waals surface area contributed by atoms with Crippen molar-refractivity contribution in [1.82, 2.24) is 5.43 Å². The van der Waals surface area contributed by atoms with E-state index in [0.717, 1.165) is 29.7 Å². The van der Waals surface area contributed by atoms with E-state index in [1.165, 1.54) is 83.5 Å². The number of rotatable bonds is 21. The molecule has 4 nitrogen and oxygen atoms in total. The molecule has 1 amide bonds. The summed E-state index contributed by atoms with van der Waals surface area (Å²) in [4.78, 5) is 12.0. The SMILES string of the molecule is CCCCCCCCCCCCCCCCCC(=O)N/N=C\c1ccc(OCc2ccccc2)cc1. The van der Waals surface area contributed by atoms with Crippen LogP contribution in [0.3, 0.4) is 0 Å². The Morgan fingerprint density at radius 3 is 1.81 bits per heavy atom. The van der Waals surface area contributed by atoms with Gasteiger partial charge in [0.25, 0.3) is 0 Å². The minimum Gasteiger partial charge on any atom is -0.489 e.